The predicted molar refractivity (Wildman–Crippen MR) is 53.5 cm³/mol. The molecule has 0 spiro atoms. The first-order valence-corrected chi connectivity index (χ1v) is 4.36. The number of carbonyl (C=O) groups is 1. The summed E-state index contributed by atoms with van der Waals surface area (Å²) < 4.78 is 0. The van der Waals surface area contributed by atoms with Crippen LogP contribution in [0.15, 0.2) is 18.2 Å². The summed E-state index contributed by atoms with van der Waals surface area (Å²) in [6, 6.07) is 5.46. The third-order valence-electron chi connectivity index (χ3n) is 2.29. The zero-order chi connectivity index (χ0) is 10.0. The van der Waals surface area contributed by atoms with Crippen molar-refractivity contribution in [3.63, 3.8) is 0 Å². The Labute approximate surface area is 78.8 Å². The summed E-state index contributed by atoms with van der Waals surface area (Å²) in [5, 5.41) is 0. The van der Waals surface area contributed by atoms with E-state index in [1.807, 2.05) is 32.0 Å². The van der Waals surface area contributed by atoms with Gasteiger partial charge >= 0.3 is 0 Å². The number of carbonyl (C=O) groups excluding carboxylic acids is 1. The van der Waals surface area contributed by atoms with E-state index in [0.717, 1.165) is 16.7 Å². The molecule has 70 valence electrons. The van der Waals surface area contributed by atoms with E-state index in [-0.39, 0.29) is 5.78 Å². The van der Waals surface area contributed by atoms with Gasteiger partial charge in [0, 0.05) is 0 Å². The van der Waals surface area contributed by atoms with Crippen molar-refractivity contribution in [3.8, 4) is 0 Å². The first-order chi connectivity index (χ1) is 6.04. The molecule has 1 aromatic rings. The molecule has 0 aliphatic carbocycles. The van der Waals surface area contributed by atoms with Gasteiger partial charge in [-0.25, -0.2) is 0 Å². The molecule has 1 atom stereocenters. The number of benzene rings is 1. The van der Waals surface area contributed by atoms with Crippen molar-refractivity contribution in [3.05, 3.63) is 34.9 Å². The van der Waals surface area contributed by atoms with Crippen LogP contribution >= 0.6 is 0 Å². The first-order valence-electron chi connectivity index (χ1n) is 4.36. The van der Waals surface area contributed by atoms with Crippen LogP contribution in [0.2, 0.25) is 0 Å². The molecule has 2 nitrogen and oxygen atoms in total. The van der Waals surface area contributed by atoms with E-state index in [0.29, 0.717) is 0 Å². The van der Waals surface area contributed by atoms with E-state index in [1.165, 1.54) is 6.92 Å². The van der Waals surface area contributed by atoms with Crippen molar-refractivity contribution in [2.24, 2.45) is 5.73 Å². The van der Waals surface area contributed by atoms with Crippen molar-refractivity contribution < 1.29 is 4.79 Å². The third kappa shape index (κ3) is 1.95. The second-order valence-corrected chi connectivity index (χ2v) is 3.39. The molecule has 2 heteroatoms. The van der Waals surface area contributed by atoms with E-state index < -0.39 is 6.04 Å². The molecule has 0 fully saturated rings. The van der Waals surface area contributed by atoms with E-state index in [9.17, 15) is 4.79 Å². The Morgan fingerprint density at radius 1 is 1.31 bits per heavy atom. The van der Waals surface area contributed by atoms with Crippen molar-refractivity contribution in [2.45, 2.75) is 26.8 Å². The number of ketones is 1. The normalized spacial score (nSPS) is 12.6. The summed E-state index contributed by atoms with van der Waals surface area (Å²) in [4.78, 5) is 11.1. The zero-order valence-electron chi connectivity index (χ0n) is 8.29. The lowest BCUT2D eigenvalue weighted by molar-refractivity contribution is -0.118. The Bertz CT molecular complexity index is 311. The minimum atomic E-state index is -0.471. The lowest BCUT2D eigenvalue weighted by Crippen LogP contribution is -2.20. The maximum Gasteiger partial charge on any atom is 0.151 e. The van der Waals surface area contributed by atoms with Gasteiger partial charge in [-0.1, -0.05) is 18.2 Å². The second kappa shape index (κ2) is 3.71. The minimum absolute atomic E-state index is 0.0115. The molecule has 0 radical (unpaired) electrons. The monoisotopic (exact) mass is 177 g/mol. The molecule has 1 aromatic carbocycles. The molecule has 0 bridgehead atoms. The summed E-state index contributed by atoms with van der Waals surface area (Å²) in [6.45, 7) is 5.48. The smallest absolute Gasteiger partial charge is 0.151 e. The topological polar surface area (TPSA) is 43.1 Å². The second-order valence-electron chi connectivity index (χ2n) is 3.39. The number of Topliss-reactive ketones (excluding diaryl/α,β-unsaturated/α-hetero) is 1. The molecule has 0 heterocycles. The van der Waals surface area contributed by atoms with Gasteiger partial charge in [-0.2, -0.15) is 0 Å². The van der Waals surface area contributed by atoms with Gasteiger partial charge in [-0.05, 0) is 37.5 Å². The molecule has 0 amide bonds. The van der Waals surface area contributed by atoms with Crippen molar-refractivity contribution in [1.29, 1.82) is 0 Å². The summed E-state index contributed by atoms with van der Waals surface area (Å²) in [7, 11) is 0. The molecule has 0 aliphatic heterocycles. The molecule has 13 heavy (non-hydrogen) atoms. The van der Waals surface area contributed by atoms with Crippen LogP contribution in [-0.2, 0) is 4.79 Å². The molecule has 0 saturated heterocycles. The molecular formula is C11H15NO. The summed E-state index contributed by atoms with van der Waals surface area (Å²) in [5.41, 5.74) is 8.93. The van der Waals surface area contributed by atoms with Crippen molar-refractivity contribution >= 4 is 5.78 Å². The van der Waals surface area contributed by atoms with E-state index in [2.05, 4.69) is 0 Å². The van der Waals surface area contributed by atoms with Crippen LogP contribution in [0.5, 0.6) is 0 Å². The molecular weight excluding hydrogens is 162 g/mol. The number of hydrogen-bond donors (Lipinski definition) is 1. The average molecular weight is 177 g/mol. The molecule has 1 rings (SSSR count). The van der Waals surface area contributed by atoms with Crippen LogP contribution < -0.4 is 5.73 Å². The van der Waals surface area contributed by atoms with Crippen LogP contribution in [0.25, 0.3) is 0 Å². The van der Waals surface area contributed by atoms with Crippen molar-refractivity contribution in [2.75, 3.05) is 0 Å². The van der Waals surface area contributed by atoms with Crippen LogP contribution in [0, 0.1) is 13.8 Å². The summed E-state index contributed by atoms with van der Waals surface area (Å²) >= 11 is 0. The van der Waals surface area contributed by atoms with Gasteiger partial charge < -0.3 is 5.73 Å². The van der Waals surface area contributed by atoms with Crippen LogP contribution in [0.4, 0.5) is 0 Å². The molecule has 1 unspecified atom stereocenters. The Hall–Kier alpha value is -1.15. The fraction of sp³-hybridized carbons (Fsp3) is 0.364. The number of nitrogens with two attached hydrogens (primary N) is 1. The number of rotatable bonds is 2. The van der Waals surface area contributed by atoms with Gasteiger partial charge in [0.2, 0.25) is 0 Å². The van der Waals surface area contributed by atoms with E-state index >= 15 is 0 Å². The van der Waals surface area contributed by atoms with E-state index in [1.54, 1.807) is 0 Å². The highest BCUT2D eigenvalue weighted by Crippen LogP contribution is 2.20. The highest BCUT2D eigenvalue weighted by atomic mass is 16.1. The fourth-order valence-corrected chi connectivity index (χ4v) is 1.52. The first kappa shape index (κ1) is 9.93. The lowest BCUT2D eigenvalue weighted by Gasteiger charge is -2.14. The number of aryl methyl sites for hydroxylation is 2. The Morgan fingerprint density at radius 3 is 2.15 bits per heavy atom. The van der Waals surface area contributed by atoms with Crippen LogP contribution in [0.1, 0.15) is 29.7 Å². The van der Waals surface area contributed by atoms with Gasteiger partial charge in [0.25, 0.3) is 0 Å². The quantitative estimate of drug-likeness (QED) is 0.749. The Morgan fingerprint density at radius 2 is 1.77 bits per heavy atom. The van der Waals surface area contributed by atoms with Crippen molar-refractivity contribution in [1.82, 2.24) is 0 Å². The Kier molecular flexibility index (Phi) is 2.83. The largest absolute Gasteiger partial charge is 0.318 e. The van der Waals surface area contributed by atoms with E-state index in [4.69, 9.17) is 5.73 Å². The van der Waals surface area contributed by atoms with Gasteiger partial charge in [0.05, 0.1) is 6.04 Å². The molecule has 0 saturated carbocycles. The SMILES string of the molecule is CC(=O)C(N)c1c(C)cccc1C. The summed E-state index contributed by atoms with van der Waals surface area (Å²) in [5.74, 6) is 0.0115. The Balaban J connectivity index is 3.20. The molecule has 2 N–H and O–H groups in total. The predicted octanol–water partition coefficient (Wildman–Crippen LogP) is 1.89. The van der Waals surface area contributed by atoms with Crippen LogP contribution in [0.3, 0.4) is 0 Å². The fourth-order valence-electron chi connectivity index (χ4n) is 1.52. The third-order valence-corrected chi connectivity index (χ3v) is 2.29. The molecule has 0 aliphatic rings. The zero-order valence-corrected chi connectivity index (χ0v) is 8.29. The lowest BCUT2D eigenvalue weighted by atomic mass is 9.95. The van der Waals surface area contributed by atoms with Crippen LogP contribution in [-0.4, -0.2) is 5.78 Å². The highest BCUT2D eigenvalue weighted by molar-refractivity contribution is 5.83. The molecule has 0 aromatic heterocycles. The van der Waals surface area contributed by atoms with Gasteiger partial charge in [-0.3, -0.25) is 4.79 Å². The number of hydrogen-bond acceptors (Lipinski definition) is 2. The maximum absolute atomic E-state index is 11.1. The van der Waals surface area contributed by atoms with Gasteiger partial charge in [-0.15, -0.1) is 0 Å². The van der Waals surface area contributed by atoms with Gasteiger partial charge in [0.1, 0.15) is 0 Å². The standard InChI is InChI=1S/C11H15NO/c1-7-5-4-6-8(2)10(7)11(12)9(3)13/h4-6,11H,12H2,1-3H3. The average Bonchev–Trinajstić information content (AvgIpc) is 2.03. The maximum atomic E-state index is 11.1. The minimum Gasteiger partial charge on any atom is -0.318 e. The summed E-state index contributed by atoms with van der Waals surface area (Å²) in [6.07, 6.45) is 0. The van der Waals surface area contributed by atoms with Gasteiger partial charge in [0.15, 0.2) is 5.78 Å². The highest BCUT2D eigenvalue weighted by Gasteiger charge is 2.14.